The molecule has 0 bridgehead atoms. The Morgan fingerprint density at radius 2 is 2.00 bits per heavy atom. The van der Waals surface area contributed by atoms with Crippen LogP contribution in [-0.2, 0) is 10.0 Å². The average molecular weight is 320 g/mol. The van der Waals surface area contributed by atoms with E-state index in [0.29, 0.717) is 13.0 Å². The lowest BCUT2D eigenvalue weighted by Gasteiger charge is -2.26. The average Bonchev–Trinajstić information content (AvgIpc) is 2.38. The van der Waals surface area contributed by atoms with E-state index in [9.17, 15) is 13.2 Å². The summed E-state index contributed by atoms with van der Waals surface area (Å²) in [5, 5.41) is 8.99. The van der Waals surface area contributed by atoms with E-state index in [4.69, 9.17) is 16.7 Å². The fraction of sp³-hybridized carbons (Fsp3) is 0.462. The van der Waals surface area contributed by atoms with Gasteiger partial charge >= 0.3 is 5.97 Å². The standard InChI is InChI=1S/C13H18ClNO4S/c1-4-9(3)15(5-2)20(18,19)12-8-10(13(16)17)6-7-11(12)14/h6-9H,4-5H2,1-3H3,(H,16,17). The van der Waals surface area contributed by atoms with Crippen LogP contribution in [0.25, 0.3) is 0 Å². The van der Waals surface area contributed by atoms with Gasteiger partial charge in [-0.15, -0.1) is 0 Å². The fourth-order valence-electron chi connectivity index (χ4n) is 1.88. The van der Waals surface area contributed by atoms with Crippen molar-refractivity contribution in [2.75, 3.05) is 6.54 Å². The quantitative estimate of drug-likeness (QED) is 0.875. The summed E-state index contributed by atoms with van der Waals surface area (Å²) in [6, 6.07) is 3.49. The summed E-state index contributed by atoms with van der Waals surface area (Å²) in [6.45, 7) is 5.72. The Hall–Kier alpha value is -1.11. The van der Waals surface area contributed by atoms with Crippen LogP contribution in [0.1, 0.15) is 37.6 Å². The Balaban J connectivity index is 3.40. The number of hydrogen-bond acceptors (Lipinski definition) is 3. The van der Waals surface area contributed by atoms with Crippen molar-refractivity contribution in [2.45, 2.75) is 38.1 Å². The van der Waals surface area contributed by atoms with Gasteiger partial charge in [-0.05, 0) is 31.5 Å². The maximum Gasteiger partial charge on any atom is 0.335 e. The molecule has 20 heavy (non-hydrogen) atoms. The highest BCUT2D eigenvalue weighted by Crippen LogP contribution is 2.27. The second-order valence-corrected chi connectivity index (χ2v) is 6.68. The summed E-state index contributed by atoms with van der Waals surface area (Å²) >= 11 is 5.94. The van der Waals surface area contributed by atoms with E-state index in [2.05, 4.69) is 0 Å². The van der Waals surface area contributed by atoms with Crippen LogP contribution in [-0.4, -0.2) is 36.4 Å². The fourth-order valence-corrected chi connectivity index (χ4v) is 4.10. The second kappa shape index (κ2) is 6.56. The highest BCUT2D eigenvalue weighted by molar-refractivity contribution is 7.89. The van der Waals surface area contributed by atoms with Gasteiger partial charge in [0.2, 0.25) is 10.0 Å². The van der Waals surface area contributed by atoms with Crippen LogP contribution in [0.2, 0.25) is 5.02 Å². The molecule has 1 rings (SSSR count). The van der Waals surface area contributed by atoms with Gasteiger partial charge in [-0.3, -0.25) is 0 Å². The smallest absolute Gasteiger partial charge is 0.335 e. The van der Waals surface area contributed by atoms with Crippen LogP contribution >= 0.6 is 11.6 Å². The number of benzene rings is 1. The van der Waals surface area contributed by atoms with Gasteiger partial charge in [0, 0.05) is 12.6 Å². The molecule has 1 atom stereocenters. The topological polar surface area (TPSA) is 74.7 Å². The molecule has 0 amide bonds. The summed E-state index contributed by atoms with van der Waals surface area (Å²) in [5.41, 5.74) is -0.104. The molecule has 0 radical (unpaired) electrons. The van der Waals surface area contributed by atoms with Crippen LogP contribution in [0.4, 0.5) is 0 Å². The zero-order chi connectivity index (χ0) is 15.5. The predicted molar refractivity (Wildman–Crippen MR) is 77.7 cm³/mol. The van der Waals surface area contributed by atoms with E-state index in [1.165, 1.54) is 16.4 Å². The molecule has 0 aliphatic carbocycles. The van der Waals surface area contributed by atoms with Gasteiger partial charge in [0.25, 0.3) is 0 Å². The molecule has 0 spiro atoms. The van der Waals surface area contributed by atoms with Gasteiger partial charge in [0.05, 0.1) is 10.6 Å². The van der Waals surface area contributed by atoms with Crippen molar-refractivity contribution in [1.29, 1.82) is 0 Å². The van der Waals surface area contributed by atoms with Gasteiger partial charge in [0.15, 0.2) is 0 Å². The first-order valence-corrected chi connectivity index (χ1v) is 8.12. The van der Waals surface area contributed by atoms with Crippen molar-refractivity contribution >= 4 is 27.6 Å². The molecule has 0 aromatic heterocycles. The minimum absolute atomic E-state index is 0.0248. The van der Waals surface area contributed by atoms with Crippen LogP contribution < -0.4 is 0 Å². The molecule has 0 saturated carbocycles. The maximum absolute atomic E-state index is 12.6. The third kappa shape index (κ3) is 3.31. The number of sulfonamides is 1. The molecule has 1 unspecified atom stereocenters. The van der Waals surface area contributed by atoms with E-state index >= 15 is 0 Å². The molecular weight excluding hydrogens is 302 g/mol. The van der Waals surface area contributed by atoms with Crippen LogP contribution in [0.15, 0.2) is 23.1 Å². The third-order valence-corrected chi connectivity index (χ3v) is 5.73. The zero-order valence-corrected chi connectivity index (χ0v) is 13.2. The second-order valence-electron chi connectivity index (χ2n) is 4.42. The lowest BCUT2D eigenvalue weighted by molar-refractivity contribution is 0.0696. The normalized spacial score (nSPS) is 13.4. The van der Waals surface area contributed by atoms with Gasteiger partial charge in [-0.1, -0.05) is 25.4 Å². The number of carbonyl (C=O) groups is 1. The summed E-state index contributed by atoms with van der Waals surface area (Å²) in [4.78, 5) is 10.8. The number of aromatic carboxylic acids is 1. The van der Waals surface area contributed by atoms with Crippen molar-refractivity contribution in [1.82, 2.24) is 4.31 Å². The SMILES string of the molecule is CCC(C)N(CC)S(=O)(=O)c1cc(C(=O)O)ccc1Cl. The third-order valence-electron chi connectivity index (χ3n) is 3.16. The Morgan fingerprint density at radius 1 is 1.40 bits per heavy atom. The van der Waals surface area contributed by atoms with E-state index in [1.54, 1.807) is 13.8 Å². The first-order valence-electron chi connectivity index (χ1n) is 6.30. The van der Waals surface area contributed by atoms with E-state index in [1.807, 2.05) is 6.92 Å². The van der Waals surface area contributed by atoms with Gasteiger partial charge in [0.1, 0.15) is 4.90 Å². The Labute approximate surface area is 124 Å². The van der Waals surface area contributed by atoms with E-state index < -0.39 is 16.0 Å². The Bertz CT molecular complexity index is 600. The summed E-state index contributed by atoms with van der Waals surface area (Å²) in [5.74, 6) is -1.19. The largest absolute Gasteiger partial charge is 0.478 e. The lowest BCUT2D eigenvalue weighted by atomic mass is 10.2. The number of carboxylic acids is 1. The lowest BCUT2D eigenvalue weighted by Crippen LogP contribution is -2.38. The summed E-state index contributed by atoms with van der Waals surface area (Å²) in [7, 11) is -3.81. The van der Waals surface area contributed by atoms with Crippen molar-refractivity contribution < 1.29 is 18.3 Å². The van der Waals surface area contributed by atoms with E-state index in [0.717, 1.165) is 6.07 Å². The monoisotopic (exact) mass is 319 g/mol. The van der Waals surface area contributed by atoms with Crippen molar-refractivity contribution in [3.05, 3.63) is 28.8 Å². The number of hydrogen-bond donors (Lipinski definition) is 1. The first-order chi connectivity index (χ1) is 9.25. The van der Waals surface area contributed by atoms with Gasteiger partial charge < -0.3 is 5.11 Å². The highest BCUT2D eigenvalue weighted by Gasteiger charge is 2.29. The van der Waals surface area contributed by atoms with Crippen molar-refractivity contribution in [3.8, 4) is 0 Å². The zero-order valence-electron chi connectivity index (χ0n) is 11.6. The molecule has 0 saturated heterocycles. The molecular formula is C13H18ClNO4S. The molecule has 112 valence electrons. The van der Waals surface area contributed by atoms with Gasteiger partial charge in [-0.25, -0.2) is 13.2 Å². The molecule has 0 fully saturated rings. The first kappa shape index (κ1) is 16.9. The van der Waals surface area contributed by atoms with Crippen LogP contribution in [0.5, 0.6) is 0 Å². The summed E-state index contributed by atoms with van der Waals surface area (Å²) in [6.07, 6.45) is 0.656. The molecule has 1 aromatic rings. The van der Waals surface area contributed by atoms with Crippen molar-refractivity contribution in [2.24, 2.45) is 0 Å². The maximum atomic E-state index is 12.6. The molecule has 0 heterocycles. The number of rotatable bonds is 6. The number of nitrogens with zero attached hydrogens (tertiary/aromatic N) is 1. The highest BCUT2D eigenvalue weighted by atomic mass is 35.5. The molecule has 0 aliphatic heterocycles. The summed E-state index contributed by atoms with van der Waals surface area (Å²) < 4.78 is 26.5. The Morgan fingerprint density at radius 3 is 2.45 bits per heavy atom. The molecule has 0 aliphatic rings. The molecule has 1 aromatic carbocycles. The van der Waals surface area contributed by atoms with Crippen LogP contribution in [0, 0.1) is 0 Å². The minimum Gasteiger partial charge on any atom is -0.478 e. The molecule has 5 nitrogen and oxygen atoms in total. The van der Waals surface area contributed by atoms with Crippen molar-refractivity contribution in [3.63, 3.8) is 0 Å². The van der Waals surface area contributed by atoms with Gasteiger partial charge in [-0.2, -0.15) is 4.31 Å². The number of halogens is 1. The number of carboxylic acid groups (broad SMARTS) is 1. The van der Waals surface area contributed by atoms with E-state index in [-0.39, 0.29) is 21.5 Å². The molecule has 7 heteroatoms. The van der Waals surface area contributed by atoms with Crippen LogP contribution in [0.3, 0.4) is 0 Å². The predicted octanol–water partition coefficient (Wildman–Crippen LogP) is 2.85. The Kier molecular flexibility index (Phi) is 5.56. The molecule has 1 N–H and O–H groups in total. The minimum atomic E-state index is -3.81.